The summed E-state index contributed by atoms with van der Waals surface area (Å²) in [7, 11) is 0. The predicted molar refractivity (Wildman–Crippen MR) is 76.0 cm³/mol. The maximum atomic E-state index is 12.7. The zero-order valence-corrected chi connectivity index (χ0v) is 12.5. The topological polar surface area (TPSA) is 41.9 Å². The van der Waals surface area contributed by atoms with Gasteiger partial charge in [0.05, 0.1) is 10.7 Å². The van der Waals surface area contributed by atoms with E-state index in [2.05, 4.69) is 15.0 Å². The SMILES string of the molecule is FC(F)(F)c1nc(Cl)c2c(n1)CCN(c1ncccc1Cl)C2. The van der Waals surface area contributed by atoms with Crippen LogP contribution in [-0.4, -0.2) is 21.5 Å². The molecule has 0 bridgehead atoms. The molecule has 0 N–H and O–H groups in total. The van der Waals surface area contributed by atoms with E-state index in [4.69, 9.17) is 23.2 Å². The molecule has 116 valence electrons. The highest BCUT2D eigenvalue weighted by Crippen LogP contribution is 2.33. The van der Waals surface area contributed by atoms with Gasteiger partial charge in [-0.15, -0.1) is 0 Å². The highest BCUT2D eigenvalue weighted by Gasteiger charge is 2.37. The second-order valence-corrected chi connectivity index (χ2v) is 5.51. The van der Waals surface area contributed by atoms with Crippen LogP contribution in [0.3, 0.4) is 0 Å². The number of anilines is 1. The Balaban J connectivity index is 1.96. The van der Waals surface area contributed by atoms with Crippen LogP contribution in [0.1, 0.15) is 17.1 Å². The molecule has 0 aromatic carbocycles. The molecule has 0 amide bonds. The first-order valence-corrected chi connectivity index (χ1v) is 7.10. The lowest BCUT2D eigenvalue weighted by Crippen LogP contribution is -2.33. The van der Waals surface area contributed by atoms with E-state index in [-0.39, 0.29) is 11.7 Å². The predicted octanol–water partition coefficient (Wildman–Crippen LogP) is 3.76. The Labute approximate surface area is 133 Å². The average Bonchev–Trinajstić information content (AvgIpc) is 2.46. The summed E-state index contributed by atoms with van der Waals surface area (Å²) in [4.78, 5) is 13.0. The van der Waals surface area contributed by atoms with E-state index in [1.54, 1.807) is 18.3 Å². The molecule has 0 unspecified atom stereocenters. The van der Waals surface area contributed by atoms with Crippen LogP contribution in [-0.2, 0) is 19.1 Å². The van der Waals surface area contributed by atoms with Crippen molar-refractivity contribution in [2.45, 2.75) is 19.1 Å². The van der Waals surface area contributed by atoms with E-state index in [0.717, 1.165) is 0 Å². The second kappa shape index (κ2) is 5.55. The van der Waals surface area contributed by atoms with E-state index in [1.165, 1.54) is 0 Å². The van der Waals surface area contributed by atoms with Gasteiger partial charge in [0.1, 0.15) is 11.0 Å². The minimum Gasteiger partial charge on any atom is -0.350 e. The number of nitrogens with zero attached hydrogens (tertiary/aromatic N) is 4. The molecule has 0 radical (unpaired) electrons. The Morgan fingerprint density at radius 3 is 2.64 bits per heavy atom. The molecule has 2 aromatic rings. The molecule has 0 fully saturated rings. The minimum absolute atomic E-state index is 0.186. The molecule has 1 aliphatic rings. The van der Waals surface area contributed by atoms with Gasteiger partial charge >= 0.3 is 6.18 Å². The Morgan fingerprint density at radius 1 is 1.18 bits per heavy atom. The summed E-state index contributed by atoms with van der Waals surface area (Å²) in [6.45, 7) is 0.720. The van der Waals surface area contributed by atoms with Gasteiger partial charge in [0, 0.05) is 31.3 Å². The van der Waals surface area contributed by atoms with Gasteiger partial charge in [0.15, 0.2) is 0 Å². The number of alkyl halides is 3. The summed E-state index contributed by atoms with van der Waals surface area (Å²) >= 11 is 12.0. The van der Waals surface area contributed by atoms with Gasteiger partial charge in [-0.05, 0) is 12.1 Å². The van der Waals surface area contributed by atoms with E-state index >= 15 is 0 Å². The van der Waals surface area contributed by atoms with Gasteiger partial charge < -0.3 is 4.90 Å². The highest BCUT2D eigenvalue weighted by molar-refractivity contribution is 6.33. The molecule has 22 heavy (non-hydrogen) atoms. The van der Waals surface area contributed by atoms with Crippen molar-refractivity contribution in [1.82, 2.24) is 15.0 Å². The van der Waals surface area contributed by atoms with Crippen molar-refractivity contribution < 1.29 is 13.2 Å². The van der Waals surface area contributed by atoms with Crippen LogP contribution >= 0.6 is 23.2 Å². The van der Waals surface area contributed by atoms with Crippen molar-refractivity contribution in [2.75, 3.05) is 11.4 Å². The molecule has 3 rings (SSSR count). The molecule has 9 heteroatoms. The van der Waals surface area contributed by atoms with Crippen LogP contribution in [0.2, 0.25) is 10.2 Å². The van der Waals surface area contributed by atoms with E-state index in [1.807, 2.05) is 4.90 Å². The third-order valence-electron chi connectivity index (χ3n) is 3.30. The largest absolute Gasteiger partial charge is 0.451 e. The molecule has 0 saturated heterocycles. The molecule has 1 aliphatic heterocycles. The smallest absolute Gasteiger partial charge is 0.350 e. The lowest BCUT2D eigenvalue weighted by Gasteiger charge is -2.30. The van der Waals surface area contributed by atoms with Gasteiger partial charge in [-0.2, -0.15) is 13.2 Å². The molecule has 2 aromatic heterocycles. The zero-order valence-electron chi connectivity index (χ0n) is 11.0. The fourth-order valence-electron chi connectivity index (χ4n) is 2.29. The molecule has 0 saturated carbocycles. The summed E-state index contributed by atoms with van der Waals surface area (Å²) in [5.74, 6) is -0.647. The number of halogens is 5. The Kier molecular flexibility index (Phi) is 3.86. The quantitative estimate of drug-likeness (QED) is 0.736. The fourth-order valence-corrected chi connectivity index (χ4v) is 2.78. The molecule has 4 nitrogen and oxygen atoms in total. The minimum atomic E-state index is -4.61. The number of fused-ring (bicyclic) bond motifs is 1. The van der Waals surface area contributed by atoms with Crippen LogP contribution in [0, 0.1) is 0 Å². The maximum Gasteiger partial charge on any atom is 0.451 e. The van der Waals surface area contributed by atoms with Crippen molar-refractivity contribution in [2.24, 2.45) is 0 Å². The third-order valence-corrected chi connectivity index (χ3v) is 3.91. The van der Waals surface area contributed by atoms with Gasteiger partial charge in [0.2, 0.25) is 5.82 Å². The third kappa shape index (κ3) is 2.83. The number of hydrogen-bond acceptors (Lipinski definition) is 4. The molecular formula is C13H9Cl2F3N4. The van der Waals surface area contributed by atoms with Crippen LogP contribution in [0.4, 0.5) is 19.0 Å². The van der Waals surface area contributed by atoms with E-state index in [0.29, 0.717) is 35.1 Å². The van der Waals surface area contributed by atoms with Crippen molar-refractivity contribution in [3.63, 3.8) is 0 Å². The Morgan fingerprint density at radius 2 is 1.95 bits per heavy atom. The normalized spacial score (nSPS) is 14.9. The Hall–Kier alpha value is -1.60. The van der Waals surface area contributed by atoms with Crippen molar-refractivity contribution in [3.8, 4) is 0 Å². The van der Waals surface area contributed by atoms with Crippen LogP contribution in [0.5, 0.6) is 0 Å². The number of pyridine rings is 1. The molecule has 3 heterocycles. The second-order valence-electron chi connectivity index (χ2n) is 4.74. The lowest BCUT2D eigenvalue weighted by atomic mass is 10.1. The highest BCUT2D eigenvalue weighted by atomic mass is 35.5. The van der Waals surface area contributed by atoms with Gasteiger partial charge in [-0.1, -0.05) is 23.2 Å². The first-order valence-electron chi connectivity index (χ1n) is 6.34. The average molecular weight is 349 g/mol. The summed E-state index contributed by atoms with van der Waals surface area (Å²) in [5.41, 5.74) is 0.790. The van der Waals surface area contributed by atoms with Crippen LogP contribution in [0.25, 0.3) is 0 Å². The van der Waals surface area contributed by atoms with Gasteiger partial charge in [0.25, 0.3) is 0 Å². The van der Waals surface area contributed by atoms with E-state index in [9.17, 15) is 13.2 Å². The number of hydrogen-bond donors (Lipinski definition) is 0. The van der Waals surface area contributed by atoms with Gasteiger partial charge in [-0.25, -0.2) is 15.0 Å². The summed E-state index contributed by atoms with van der Waals surface area (Å²) in [6, 6.07) is 3.40. The summed E-state index contributed by atoms with van der Waals surface area (Å²) < 4.78 is 38.1. The summed E-state index contributed by atoms with van der Waals surface area (Å²) in [6.07, 6.45) is -2.70. The molecular weight excluding hydrogens is 340 g/mol. The first-order chi connectivity index (χ1) is 10.4. The van der Waals surface area contributed by atoms with Gasteiger partial charge in [-0.3, -0.25) is 0 Å². The van der Waals surface area contributed by atoms with Crippen LogP contribution in [0.15, 0.2) is 18.3 Å². The van der Waals surface area contributed by atoms with E-state index < -0.39 is 12.0 Å². The monoisotopic (exact) mass is 348 g/mol. The van der Waals surface area contributed by atoms with Crippen molar-refractivity contribution in [1.29, 1.82) is 0 Å². The maximum absolute atomic E-state index is 12.7. The lowest BCUT2D eigenvalue weighted by molar-refractivity contribution is -0.145. The van der Waals surface area contributed by atoms with Crippen LogP contribution < -0.4 is 4.90 Å². The molecule has 0 aliphatic carbocycles. The molecule has 0 spiro atoms. The standard InChI is InChI=1S/C13H9Cl2F3N4/c14-8-2-1-4-19-11(8)22-5-3-9-7(6-22)10(15)21-12(20-9)13(16,17)18/h1-2,4H,3,5-6H2. The fraction of sp³-hybridized carbons (Fsp3) is 0.308. The number of rotatable bonds is 1. The molecule has 0 atom stereocenters. The zero-order chi connectivity index (χ0) is 15.9. The van der Waals surface area contributed by atoms with Crippen molar-refractivity contribution >= 4 is 29.0 Å². The first kappa shape index (κ1) is 15.3. The number of aromatic nitrogens is 3. The Bertz CT molecular complexity index is 721. The van der Waals surface area contributed by atoms with Crippen molar-refractivity contribution in [3.05, 3.63) is 45.6 Å². The summed E-state index contributed by atoms with van der Waals surface area (Å²) in [5, 5.41) is 0.281.